The second kappa shape index (κ2) is 7.44. The van der Waals surface area contributed by atoms with Crippen molar-refractivity contribution in [2.24, 2.45) is 0 Å². The van der Waals surface area contributed by atoms with E-state index in [0.717, 1.165) is 24.2 Å². The highest BCUT2D eigenvalue weighted by molar-refractivity contribution is 7.71. The zero-order chi connectivity index (χ0) is 17.8. The van der Waals surface area contributed by atoms with Gasteiger partial charge in [-0.25, -0.2) is 9.78 Å². The van der Waals surface area contributed by atoms with Crippen LogP contribution in [0.4, 0.5) is 0 Å². The minimum Gasteiger partial charge on any atom is -0.493 e. The first-order valence-corrected chi connectivity index (χ1v) is 8.50. The van der Waals surface area contributed by atoms with Crippen LogP contribution in [0.1, 0.15) is 30.1 Å². The van der Waals surface area contributed by atoms with Gasteiger partial charge in [0.25, 0.3) is 0 Å². The third-order valence-corrected chi connectivity index (χ3v) is 4.17. The van der Waals surface area contributed by atoms with Crippen molar-refractivity contribution in [3.05, 3.63) is 52.7 Å². The van der Waals surface area contributed by atoms with Crippen molar-refractivity contribution in [3.8, 4) is 17.1 Å². The van der Waals surface area contributed by atoms with E-state index in [4.69, 9.17) is 22.1 Å². The van der Waals surface area contributed by atoms with Gasteiger partial charge in [0.05, 0.1) is 23.3 Å². The molecule has 0 aliphatic rings. The number of ether oxygens (including phenoxy) is 1. The number of hydrogen-bond donors (Lipinski definition) is 2. The van der Waals surface area contributed by atoms with Gasteiger partial charge in [-0.1, -0.05) is 37.7 Å². The zero-order valence-electron chi connectivity index (χ0n) is 13.8. The summed E-state index contributed by atoms with van der Waals surface area (Å²) in [6, 6.07) is 12.4. The number of carboxylic acid groups (broad SMARTS) is 1. The molecule has 128 valence electrons. The maximum atomic E-state index is 11.1. The molecule has 2 N–H and O–H groups in total. The smallest absolute Gasteiger partial charge is 0.335 e. The molecule has 0 saturated carbocycles. The van der Waals surface area contributed by atoms with Crippen molar-refractivity contribution in [3.63, 3.8) is 0 Å². The van der Waals surface area contributed by atoms with E-state index < -0.39 is 5.97 Å². The van der Waals surface area contributed by atoms with Crippen LogP contribution in [0.3, 0.4) is 0 Å². The van der Waals surface area contributed by atoms with Gasteiger partial charge in [0, 0.05) is 5.39 Å². The van der Waals surface area contributed by atoms with E-state index in [1.807, 2.05) is 24.3 Å². The first kappa shape index (κ1) is 17.1. The van der Waals surface area contributed by atoms with Gasteiger partial charge in [0.15, 0.2) is 0 Å². The lowest BCUT2D eigenvalue weighted by molar-refractivity contribution is 0.0697. The first-order chi connectivity index (χ1) is 12.1. The predicted molar refractivity (Wildman–Crippen MR) is 99.7 cm³/mol. The molecule has 1 aromatic heterocycles. The van der Waals surface area contributed by atoms with Crippen molar-refractivity contribution in [2.45, 2.75) is 19.8 Å². The fourth-order valence-corrected chi connectivity index (χ4v) is 2.77. The van der Waals surface area contributed by atoms with Gasteiger partial charge in [-0.15, -0.1) is 0 Å². The second-order valence-electron chi connectivity index (χ2n) is 5.65. The number of fused-ring (bicyclic) bond motifs is 1. The van der Waals surface area contributed by atoms with E-state index in [9.17, 15) is 4.79 Å². The number of unbranched alkanes of at least 4 members (excludes halogenated alkanes) is 1. The lowest BCUT2D eigenvalue weighted by Gasteiger charge is -2.11. The van der Waals surface area contributed by atoms with Crippen molar-refractivity contribution >= 4 is 29.1 Å². The number of hydrogen-bond acceptors (Lipinski definition) is 4. The Kier molecular flexibility index (Phi) is 5.09. The molecule has 0 aliphatic heterocycles. The molecule has 3 aromatic rings. The largest absolute Gasteiger partial charge is 0.493 e. The quantitative estimate of drug-likeness (QED) is 0.489. The van der Waals surface area contributed by atoms with E-state index in [0.29, 0.717) is 28.0 Å². The molecule has 0 unspecified atom stereocenters. The number of aromatic nitrogens is 2. The molecule has 0 fully saturated rings. The highest BCUT2D eigenvalue weighted by atomic mass is 32.1. The third-order valence-electron chi connectivity index (χ3n) is 3.85. The standard InChI is InChI=1S/C19H18N2O3S/c1-2-3-10-24-16-7-5-4-6-13(16)17-20-15-9-8-12(19(22)23)11-14(15)18(25)21-17/h4-9,11H,2-3,10H2,1H3,(H,22,23)(H,20,21,25). The fraction of sp³-hybridized carbons (Fsp3) is 0.211. The number of rotatable bonds is 6. The molecule has 0 spiro atoms. The number of aromatic amines is 1. The molecule has 25 heavy (non-hydrogen) atoms. The first-order valence-electron chi connectivity index (χ1n) is 8.09. The summed E-state index contributed by atoms with van der Waals surface area (Å²) in [5, 5.41) is 9.74. The average Bonchev–Trinajstić information content (AvgIpc) is 2.62. The molecule has 0 saturated heterocycles. The maximum Gasteiger partial charge on any atom is 0.335 e. The van der Waals surface area contributed by atoms with Crippen LogP contribution in [0.5, 0.6) is 5.75 Å². The lowest BCUT2D eigenvalue weighted by atomic mass is 10.1. The molecule has 0 atom stereocenters. The number of nitrogens with zero attached hydrogens (tertiary/aromatic N) is 1. The number of aromatic carboxylic acids is 1. The summed E-state index contributed by atoms with van der Waals surface area (Å²) < 4.78 is 6.31. The van der Waals surface area contributed by atoms with Crippen LogP contribution in [-0.4, -0.2) is 27.7 Å². The van der Waals surface area contributed by atoms with Gasteiger partial charge in [-0.05, 0) is 36.8 Å². The van der Waals surface area contributed by atoms with Gasteiger partial charge in [0.1, 0.15) is 16.2 Å². The van der Waals surface area contributed by atoms with E-state index in [1.54, 1.807) is 6.07 Å². The van der Waals surface area contributed by atoms with Crippen molar-refractivity contribution in [1.29, 1.82) is 0 Å². The molecule has 0 radical (unpaired) electrons. The average molecular weight is 354 g/mol. The lowest BCUT2D eigenvalue weighted by Crippen LogP contribution is -2.01. The van der Waals surface area contributed by atoms with Gasteiger partial charge < -0.3 is 14.8 Å². The van der Waals surface area contributed by atoms with Crippen LogP contribution in [0.25, 0.3) is 22.3 Å². The SMILES string of the molecule is CCCCOc1ccccc1-c1nc2ccc(C(=O)O)cc2c(=S)[nH]1. The molecule has 0 bridgehead atoms. The number of nitrogens with one attached hydrogen (secondary N) is 1. The van der Waals surface area contributed by atoms with Gasteiger partial charge in [0.2, 0.25) is 0 Å². The molecule has 6 heteroatoms. The zero-order valence-corrected chi connectivity index (χ0v) is 14.6. The van der Waals surface area contributed by atoms with Crippen LogP contribution < -0.4 is 4.74 Å². The summed E-state index contributed by atoms with van der Waals surface area (Å²) >= 11 is 5.41. The molecule has 0 aliphatic carbocycles. The molecular formula is C19H18N2O3S. The molecule has 0 amide bonds. The Labute approximate surface area is 150 Å². The minimum absolute atomic E-state index is 0.185. The Morgan fingerprint density at radius 1 is 1.28 bits per heavy atom. The molecule has 3 rings (SSSR count). The summed E-state index contributed by atoms with van der Waals surface area (Å²) in [4.78, 5) is 18.8. The highest BCUT2D eigenvalue weighted by Gasteiger charge is 2.11. The summed E-state index contributed by atoms with van der Waals surface area (Å²) in [7, 11) is 0. The molecule has 1 heterocycles. The summed E-state index contributed by atoms with van der Waals surface area (Å²) in [6.07, 6.45) is 2.04. The van der Waals surface area contributed by atoms with Crippen LogP contribution in [0.2, 0.25) is 0 Å². The number of para-hydroxylation sites is 1. The minimum atomic E-state index is -0.991. The van der Waals surface area contributed by atoms with Crippen molar-refractivity contribution < 1.29 is 14.6 Å². The Bertz CT molecular complexity index is 982. The van der Waals surface area contributed by atoms with Crippen LogP contribution in [0, 0.1) is 4.64 Å². The second-order valence-corrected chi connectivity index (χ2v) is 6.06. The van der Waals surface area contributed by atoms with Crippen molar-refractivity contribution in [1.82, 2.24) is 9.97 Å². The summed E-state index contributed by atoms with van der Waals surface area (Å²) in [5.74, 6) is 0.360. The monoisotopic (exact) mass is 354 g/mol. The number of benzene rings is 2. The van der Waals surface area contributed by atoms with Gasteiger partial charge >= 0.3 is 5.97 Å². The van der Waals surface area contributed by atoms with Gasteiger partial charge in [-0.3, -0.25) is 0 Å². The van der Waals surface area contributed by atoms with E-state index in [1.165, 1.54) is 12.1 Å². The van der Waals surface area contributed by atoms with Crippen molar-refractivity contribution in [2.75, 3.05) is 6.61 Å². The summed E-state index contributed by atoms with van der Waals surface area (Å²) in [5.41, 5.74) is 1.66. The Morgan fingerprint density at radius 2 is 2.08 bits per heavy atom. The summed E-state index contributed by atoms with van der Waals surface area (Å²) in [6.45, 7) is 2.76. The van der Waals surface area contributed by atoms with Crippen LogP contribution >= 0.6 is 12.2 Å². The van der Waals surface area contributed by atoms with Crippen LogP contribution in [-0.2, 0) is 0 Å². The Morgan fingerprint density at radius 3 is 2.84 bits per heavy atom. The number of carbonyl (C=O) groups is 1. The number of carboxylic acids is 1. The normalized spacial score (nSPS) is 10.8. The highest BCUT2D eigenvalue weighted by Crippen LogP contribution is 2.29. The molecule has 2 aromatic carbocycles. The van der Waals surface area contributed by atoms with E-state index >= 15 is 0 Å². The Balaban J connectivity index is 2.07. The van der Waals surface area contributed by atoms with Gasteiger partial charge in [-0.2, -0.15) is 0 Å². The third kappa shape index (κ3) is 3.69. The van der Waals surface area contributed by atoms with Crippen LogP contribution in [0.15, 0.2) is 42.5 Å². The maximum absolute atomic E-state index is 11.1. The molecular weight excluding hydrogens is 336 g/mol. The fourth-order valence-electron chi connectivity index (χ4n) is 2.51. The topological polar surface area (TPSA) is 75.2 Å². The predicted octanol–water partition coefficient (Wildman–Crippen LogP) is 4.84. The van der Waals surface area contributed by atoms with E-state index in [-0.39, 0.29) is 5.56 Å². The molecule has 5 nitrogen and oxygen atoms in total. The number of H-pyrrole nitrogens is 1. The Hall–Kier alpha value is -2.73. The van der Waals surface area contributed by atoms with E-state index in [2.05, 4.69) is 16.9 Å².